The number of nitrogens with one attached hydrogen (secondary N) is 3. The molecule has 1 amide bonds. The summed E-state index contributed by atoms with van der Waals surface area (Å²) in [5.41, 5.74) is 2.30. The molecule has 0 radical (unpaired) electrons. The van der Waals surface area contributed by atoms with Gasteiger partial charge >= 0.3 is 0 Å². The maximum absolute atomic E-state index is 12.2. The number of rotatable bonds is 9. The van der Waals surface area contributed by atoms with Crippen molar-refractivity contribution in [2.24, 2.45) is 0 Å². The van der Waals surface area contributed by atoms with E-state index >= 15 is 0 Å². The molecule has 36 heavy (non-hydrogen) atoms. The third kappa shape index (κ3) is 4.95. The molecule has 2 fully saturated rings. The average molecular weight is 485 g/mol. The number of anilines is 2. The molecule has 9 heteroatoms. The summed E-state index contributed by atoms with van der Waals surface area (Å²) in [6.45, 7) is 2.01. The highest BCUT2D eigenvalue weighted by molar-refractivity contribution is 5.93. The first-order chi connectivity index (χ1) is 17.5. The Morgan fingerprint density at radius 2 is 2.03 bits per heavy atom. The Bertz CT molecular complexity index is 1400. The van der Waals surface area contributed by atoms with Crippen LogP contribution < -0.4 is 20.1 Å². The van der Waals surface area contributed by atoms with Gasteiger partial charge in [0.15, 0.2) is 12.4 Å². The Morgan fingerprint density at radius 1 is 1.14 bits per heavy atom. The lowest BCUT2D eigenvalue weighted by atomic mass is 9.96. The lowest BCUT2D eigenvalue weighted by Crippen LogP contribution is -2.37. The van der Waals surface area contributed by atoms with E-state index in [1.54, 1.807) is 12.4 Å². The van der Waals surface area contributed by atoms with Crippen LogP contribution in [0.4, 0.5) is 11.5 Å². The fourth-order valence-electron chi connectivity index (χ4n) is 4.10. The van der Waals surface area contributed by atoms with Crippen molar-refractivity contribution in [3.63, 3.8) is 0 Å². The molecule has 0 atom stereocenters. The number of hydrogen-bond donors (Lipinski definition) is 3. The van der Waals surface area contributed by atoms with E-state index in [4.69, 9.17) is 19.4 Å². The van der Waals surface area contributed by atoms with Crippen molar-refractivity contribution >= 4 is 28.3 Å². The molecule has 9 nitrogen and oxygen atoms in total. The Kier molecular flexibility index (Phi) is 5.67. The summed E-state index contributed by atoms with van der Waals surface area (Å²) < 4.78 is 11.9. The van der Waals surface area contributed by atoms with Crippen LogP contribution in [-0.4, -0.2) is 44.3 Å². The van der Waals surface area contributed by atoms with E-state index in [1.807, 2.05) is 49.4 Å². The van der Waals surface area contributed by atoms with E-state index in [1.165, 1.54) is 6.42 Å². The molecule has 2 aliphatic rings. The van der Waals surface area contributed by atoms with Crippen LogP contribution in [0.5, 0.6) is 11.5 Å². The first-order valence-electron chi connectivity index (χ1n) is 12.3. The minimum atomic E-state index is -0.117. The van der Waals surface area contributed by atoms with Crippen LogP contribution in [0.15, 0.2) is 54.9 Å². The van der Waals surface area contributed by atoms with Gasteiger partial charge < -0.3 is 20.1 Å². The van der Waals surface area contributed by atoms with Crippen molar-refractivity contribution in [3.05, 3.63) is 54.9 Å². The minimum Gasteiger partial charge on any atom is -0.490 e. The van der Waals surface area contributed by atoms with Gasteiger partial charge in [0.2, 0.25) is 0 Å². The summed E-state index contributed by atoms with van der Waals surface area (Å²) in [4.78, 5) is 21.9. The average Bonchev–Trinajstić information content (AvgIpc) is 3.34. The monoisotopic (exact) mass is 484 g/mol. The highest BCUT2D eigenvalue weighted by Crippen LogP contribution is 2.34. The summed E-state index contributed by atoms with van der Waals surface area (Å²) in [5.74, 6) is 2.47. The zero-order valence-corrected chi connectivity index (χ0v) is 20.1. The van der Waals surface area contributed by atoms with E-state index in [2.05, 4.69) is 20.8 Å². The van der Waals surface area contributed by atoms with Crippen molar-refractivity contribution in [2.45, 2.75) is 50.7 Å². The van der Waals surface area contributed by atoms with Gasteiger partial charge in [0.1, 0.15) is 17.3 Å². The highest BCUT2D eigenvalue weighted by Gasteiger charge is 2.38. The number of aromatic nitrogens is 4. The molecule has 0 aliphatic heterocycles. The van der Waals surface area contributed by atoms with Crippen molar-refractivity contribution < 1.29 is 14.3 Å². The third-order valence-electron chi connectivity index (χ3n) is 6.69. The molecule has 6 rings (SSSR count). The Balaban J connectivity index is 1.28. The summed E-state index contributed by atoms with van der Waals surface area (Å²) in [7, 11) is 0. The molecule has 2 aromatic carbocycles. The van der Waals surface area contributed by atoms with Gasteiger partial charge in [-0.25, -0.2) is 9.97 Å². The summed E-state index contributed by atoms with van der Waals surface area (Å²) in [5, 5.41) is 14.0. The van der Waals surface area contributed by atoms with Crippen molar-refractivity contribution in [2.75, 3.05) is 11.9 Å². The Morgan fingerprint density at radius 3 is 2.78 bits per heavy atom. The number of ether oxygens (including phenoxy) is 2. The molecule has 0 bridgehead atoms. The topological polar surface area (TPSA) is 114 Å². The maximum Gasteiger partial charge on any atom is 0.258 e. The van der Waals surface area contributed by atoms with E-state index in [-0.39, 0.29) is 24.2 Å². The maximum atomic E-state index is 12.2. The van der Waals surface area contributed by atoms with Gasteiger partial charge in [0, 0.05) is 22.7 Å². The summed E-state index contributed by atoms with van der Waals surface area (Å²) >= 11 is 0. The largest absolute Gasteiger partial charge is 0.490 e. The SMILES string of the molecule is CC1(NC(=O)COc2cccc(-c3nc(Nc4cn[nH]c4)c4cc(OC5CCC5)ccc4n3)c2)CC1. The molecule has 2 saturated carbocycles. The number of benzene rings is 2. The number of hydrogen-bond acceptors (Lipinski definition) is 7. The number of carbonyl (C=O) groups excluding carboxylic acids is 1. The molecular weight excluding hydrogens is 456 g/mol. The number of nitrogens with zero attached hydrogens (tertiary/aromatic N) is 3. The zero-order valence-electron chi connectivity index (χ0n) is 20.1. The fourth-order valence-corrected chi connectivity index (χ4v) is 4.10. The quantitative estimate of drug-likeness (QED) is 0.314. The van der Waals surface area contributed by atoms with Gasteiger partial charge in [-0.1, -0.05) is 12.1 Å². The fraction of sp³-hybridized carbons (Fsp3) is 0.333. The normalized spacial score (nSPS) is 16.2. The zero-order chi connectivity index (χ0) is 24.5. The van der Waals surface area contributed by atoms with E-state index in [0.29, 0.717) is 17.4 Å². The van der Waals surface area contributed by atoms with Crippen LogP contribution in [-0.2, 0) is 4.79 Å². The second kappa shape index (κ2) is 9.14. The van der Waals surface area contributed by atoms with Crippen LogP contribution in [0.2, 0.25) is 0 Å². The molecular formula is C27H28N6O3. The van der Waals surface area contributed by atoms with Crippen LogP contribution in [0, 0.1) is 0 Å². The number of fused-ring (bicyclic) bond motifs is 1. The van der Waals surface area contributed by atoms with Crippen LogP contribution in [0.25, 0.3) is 22.3 Å². The second-order valence-electron chi connectivity index (χ2n) is 9.78. The number of aromatic amines is 1. The smallest absolute Gasteiger partial charge is 0.258 e. The Hall–Kier alpha value is -4.14. The minimum absolute atomic E-state index is 0.0330. The van der Waals surface area contributed by atoms with Crippen molar-refractivity contribution in [3.8, 4) is 22.9 Å². The van der Waals surface area contributed by atoms with Gasteiger partial charge in [-0.2, -0.15) is 5.10 Å². The van der Waals surface area contributed by atoms with Crippen LogP contribution in [0.3, 0.4) is 0 Å². The van der Waals surface area contributed by atoms with Gasteiger partial charge in [-0.05, 0) is 69.4 Å². The standard InChI is InChI=1S/C27H28N6O3/c1-27(10-11-27)33-24(34)16-35-20-7-2-4-17(12-20)25-31-23-9-8-21(36-19-5-3-6-19)13-22(23)26(32-25)30-18-14-28-29-15-18/h2,4,7-9,12-15,19H,3,5-6,10-11,16H2,1H3,(H,28,29)(H,33,34)(H,30,31,32). The van der Waals surface area contributed by atoms with Gasteiger partial charge in [0.05, 0.1) is 23.5 Å². The van der Waals surface area contributed by atoms with Crippen molar-refractivity contribution in [1.82, 2.24) is 25.5 Å². The predicted octanol–water partition coefficient (Wildman–Crippen LogP) is 4.74. The van der Waals surface area contributed by atoms with Crippen LogP contribution >= 0.6 is 0 Å². The predicted molar refractivity (Wildman–Crippen MR) is 136 cm³/mol. The first kappa shape index (κ1) is 22.3. The van der Waals surface area contributed by atoms with Gasteiger partial charge in [-0.3, -0.25) is 9.89 Å². The van der Waals surface area contributed by atoms with Gasteiger partial charge in [0.25, 0.3) is 5.91 Å². The van der Waals surface area contributed by atoms with E-state index in [9.17, 15) is 4.79 Å². The van der Waals surface area contributed by atoms with Crippen molar-refractivity contribution in [1.29, 1.82) is 0 Å². The number of amides is 1. The second-order valence-corrected chi connectivity index (χ2v) is 9.78. The third-order valence-corrected chi connectivity index (χ3v) is 6.69. The molecule has 184 valence electrons. The molecule has 0 saturated heterocycles. The van der Waals surface area contributed by atoms with E-state index in [0.717, 1.165) is 53.6 Å². The van der Waals surface area contributed by atoms with E-state index < -0.39 is 0 Å². The highest BCUT2D eigenvalue weighted by atomic mass is 16.5. The molecule has 2 heterocycles. The lowest BCUT2D eigenvalue weighted by Gasteiger charge is -2.26. The van der Waals surface area contributed by atoms with Crippen LogP contribution in [0.1, 0.15) is 39.0 Å². The number of carbonyl (C=O) groups is 1. The lowest BCUT2D eigenvalue weighted by molar-refractivity contribution is -0.123. The molecule has 0 spiro atoms. The molecule has 2 aromatic heterocycles. The first-order valence-corrected chi connectivity index (χ1v) is 12.3. The molecule has 2 aliphatic carbocycles. The molecule has 0 unspecified atom stereocenters. The summed E-state index contributed by atoms with van der Waals surface area (Å²) in [6.07, 6.45) is 9.16. The Labute approximate surface area is 208 Å². The number of H-pyrrole nitrogens is 1. The van der Waals surface area contributed by atoms with Gasteiger partial charge in [-0.15, -0.1) is 0 Å². The molecule has 3 N–H and O–H groups in total. The molecule has 4 aromatic rings. The summed E-state index contributed by atoms with van der Waals surface area (Å²) in [6, 6.07) is 13.4.